The minimum absolute atomic E-state index is 0.297. The Morgan fingerprint density at radius 3 is 2.96 bits per heavy atom. The van der Waals surface area contributed by atoms with Crippen molar-refractivity contribution in [3.8, 4) is 5.75 Å². The summed E-state index contributed by atoms with van der Waals surface area (Å²) in [5.74, 6) is 0.551. The van der Waals surface area contributed by atoms with E-state index in [0.29, 0.717) is 42.8 Å². The van der Waals surface area contributed by atoms with Gasteiger partial charge in [0, 0.05) is 38.3 Å². The van der Waals surface area contributed by atoms with E-state index in [-0.39, 0.29) is 6.03 Å². The van der Waals surface area contributed by atoms with E-state index in [4.69, 9.17) is 21.1 Å². The molecule has 0 aliphatic rings. The molecule has 124 valence electrons. The van der Waals surface area contributed by atoms with Crippen molar-refractivity contribution in [1.29, 1.82) is 0 Å². The number of benzene rings is 1. The van der Waals surface area contributed by atoms with Crippen LogP contribution in [0.25, 0.3) is 0 Å². The van der Waals surface area contributed by atoms with E-state index >= 15 is 0 Å². The molecule has 8 heteroatoms. The van der Waals surface area contributed by atoms with Gasteiger partial charge in [-0.3, -0.25) is 0 Å². The van der Waals surface area contributed by atoms with Gasteiger partial charge in [-0.25, -0.2) is 9.78 Å². The molecular formula is C15H19ClN4O3. The van der Waals surface area contributed by atoms with E-state index in [0.717, 1.165) is 0 Å². The Morgan fingerprint density at radius 2 is 2.26 bits per heavy atom. The van der Waals surface area contributed by atoms with Crippen LogP contribution in [0, 0.1) is 0 Å². The highest BCUT2D eigenvalue weighted by Gasteiger charge is 2.06. The van der Waals surface area contributed by atoms with Crippen LogP contribution in [0.15, 0.2) is 36.9 Å². The van der Waals surface area contributed by atoms with Crippen LogP contribution >= 0.6 is 11.6 Å². The van der Waals surface area contributed by atoms with E-state index < -0.39 is 0 Å². The summed E-state index contributed by atoms with van der Waals surface area (Å²) in [5.41, 5.74) is 0.592. The van der Waals surface area contributed by atoms with Gasteiger partial charge in [-0.05, 0) is 18.2 Å². The Hall–Kier alpha value is -2.25. The number of imidazole rings is 1. The summed E-state index contributed by atoms with van der Waals surface area (Å²) in [5, 5.41) is 5.90. The standard InChI is InChI=1S/C15H19ClN4O3/c1-22-8-9-23-14-3-2-12(10-13(14)16)19-15(21)18-5-7-20-6-4-17-11-20/h2-4,6,10-11H,5,7-9H2,1H3,(H2,18,19,21). The van der Waals surface area contributed by atoms with Gasteiger partial charge in [-0.15, -0.1) is 0 Å². The van der Waals surface area contributed by atoms with Crippen LogP contribution in [0.5, 0.6) is 5.75 Å². The normalized spacial score (nSPS) is 10.3. The smallest absolute Gasteiger partial charge is 0.319 e. The number of methoxy groups -OCH3 is 1. The summed E-state index contributed by atoms with van der Waals surface area (Å²) in [7, 11) is 1.60. The van der Waals surface area contributed by atoms with Crippen LogP contribution in [-0.2, 0) is 11.3 Å². The van der Waals surface area contributed by atoms with Crippen molar-refractivity contribution in [2.75, 3.05) is 32.2 Å². The maximum absolute atomic E-state index is 11.8. The van der Waals surface area contributed by atoms with Crippen molar-refractivity contribution in [2.24, 2.45) is 0 Å². The second-order valence-electron chi connectivity index (χ2n) is 4.67. The molecule has 0 saturated carbocycles. The Kier molecular flexibility index (Phi) is 6.71. The first-order valence-corrected chi connectivity index (χ1v) is 7.48. The lowest BCUT2D eigenvalue weighted by atomic mass is 10.3. The number of hydrogen-bond donors (Lipinski definition) is 2. The van der Waals surface area contributed by atoms with E-state index in [1.54, 1.807) is 37.8 Å². The first kappa shape index (κ1) is 17.1. The van der Waals surface area contributed by atoms with Crippen molar-refractivity contribution < 1.29 is 14.3 Å². The summed E-state index contributed by atoms with van der Waals surface area (Å²) in [6.45, 7) is 2.04. The molecule has 0 radical (unpaired) electrons. The quantitative estimate of drug-likeness (QED) is 0.724. The van der Waals surface area contributed by atoms with Gasteiger partial charge in [0.25, 0.3) is 0 Å². The predicted octanol–water partition coefficient (Wildman–Crippen LogP) is 2.38. The number of carbonyl (C=O) groups excluding carboxylic acids is 1. The lowest BCUT2D eigenvalue weighted by Crippen LogP contribution is -2.31. The zero-order valence-electron chi connectivity index (χ0n) is 12.8. The van der Waals surface area contributed by atoms with Crippen molar-refractivity contribution in [2.45, 2.75) is 6.54 Å². The molecule has 2 amide bonds. The maximum Gasteiger partial charge on any atom is 0.319 e. The van der Waals surface area contributed by atoms with Crippen LogP contribution in [0.2, 0.25) is 5.02 Å². The van der Waals surface area contributed by atoms with Gasteiger partial charge in [0.1, 0.15) is 12.4 Å². The van der Waals surface area contributed by atoms with Crippen molar-refractivity contribution in [1.82, 2.24) is 14.9 Å². The fraction of sp³-hybridized carbons (Fsp3) is 0.333. The summed E-state index contributed by atoms with van der Waals surface area (Å²) in [6.07, 6.45) is 5.22. The second kappa shape index (κ2) is 9.02. The topological polar surface area (TPSA) is 77.4 Å². The summed E-state index contributed by atoms with van der Waals surface area (Å²) in [4.78, 5) is 15.7. The molecular weight excluding hydrogens is 320 g/mol. The lowest BCUT2D eigenvalue weighted by Gasteiger charge is -2.11. The summed E-state index contributed by atoms with van der Waals surface area (Å²) in [6, 6.07) is 4.77. The Morgan fingerprint density at radius 1 is 1.39 bits per heavy atom. The molecule has 0 bridgehead atoms. The average molecular weight is 339 g/mol. The first-order valence-electron chi connectivity index (χ1n) is 7.11. The van der Waals surface area contributed by atoms with Crippen LogP contribution in [0.3, 0.4) is 0 Å². The predicted molar refractivity (Wildman–Crippen MR) is 88.1 cm³/mol. The lowest BCUT2D eigenvalue weighted by molar-refractivity contribution is 0.146. The molecule has 2 N–H and O–H groups in total. The van der Waals surface area contributed by atoms with Crippen molar-refractivity contribution in [3.63, 3.8) is 0 Å². The average Bonchev–Trinajstić information content (AvgIpc) is 3.03. The number of aromatic nitrogens is 2. The molecule has 0 fully saturated rings. The minimum atomic E-state index is -0.297. The molecule has 0 unspecified atom stereocenters. The number of anilines is 1. The highest BCUT2D eigenvalue weighted by atomic mass is 35.5. The zero-order chi connectivity index (χ0) is 16.5. The number of urea groups is 1. The summed E-state index contributed by atoms with van der Waals surface area (Å²) >= 11 is 6.12. The third-order valence-electron chi connectivity index (χ3n) is 2.95. The molecule has 23 heavy (non-hydrogen) atoms. The largest absolute Gasteiger partial charge is 0.490 e. The van der Waals surface area contributed by atoms with Crippen LogP contribution in [0.1, 0.15) is 0 Å². The monoisotopic (exact) mass is 338 g/mol. The third-order valence-corrected chi connectivity index (χ3v) is 3.24. The highest BCUT2D eigenvalue weighted by Crippen LogP contribution is 2.27. The van der Waals surface area contributed by atoms with Gasteiger partial charge in [-0.2, -0.15) is 0 Å². The van der Waals surface area contributed by atoms with Crippen molar-refractivity contribution >= 4 is 23.3 Å². The molecule has 0 aliphatic carbocycles. The van der Waals surface area contributed by atoms with E-state index in [1.807, 2.05) is 10.8 Å². The van der Waals surface area contributed by atoms with Gasteiger partial charge < -0.3 is 24.7 Å². The number of carbonyl (C=O) groups is 1. The fourth-order valence-corrected chi connectivity index (χ4v) is 2.06. The number of ether oxygens (including phenoxy) is 2. The maximum atomic E-state index is 11.8. The van der Waals surface area contributed by atoms with Crippen LogP contribution in [-0.4, -0.2) is 42.5 Å². The van der Waals surface area contributed by atoms with Gasteiger partial charge in [-0.1, -0.05) is 11.6 Å². The van der Waals surface area contributed by atoms with Gasteiger partial charge >= 0.3 is 6.03 Å². The number of hydrogen-bond acceptors (Lipinski definition) is 4. The van der Waals surface area contributed by atoms with Gasteiger partial charge in [0.2, 0.25) is 0 Å². The molecule has 1 aromatic carbocycles. The Bertz CT molecular complexity index is 619. The number of amides is 2. The number of nitrogens with zero attached hydrogens (tertiary/aromatic N) is 2. The zero-order valence-corrected chi connectivity index (χ0v) is 13.5. The van der Waals surface area contributed by atoms with E-state index in [1.165, 1.54) is 0 Å². The molecule has 2 aromatic rings. The molecule has 0 atom stereocenters. The van der Waals surface area contributed by atoms with Crippen LogP contribution in [0.4, 0.5) is 10.5 Å². The first-order chi connectivity index (χ1) is 11.2. The molecule has 0 spiro atoms. The van der Waals surface area contributed by atoms with E-state index in [2.05, 4.69) is 15.6 Å². The Labute approximate surface area is 139 Å². The minimum Gasteiger partial charge on any atom is -0.490 e. The number of rotatable bonds is 8. The molecule has 1 aromatic heterocycles. The van der Waals surface area contributed by atoms with Crippen molar-refractivity contribution in [3.05, 3.63) is 41.9 Å². The molecule has 1 heterocycles. The fourth-order valence-electron chi connectivity index (χ4n) is 1.82. The van der Waals surface area contributed by atoms with Gasteiger partial charge in [0.15, 0.2) is 0 Å². The number of halogens is 1. The molecule has 0 saturated heterocycles. The summed E-state index contributed by atoms with van der Waals surface area (Å²) < 4.78 is 12.2. The van der Waals surface area contributed by atoms with Crippen LogP contribution < -0.4 is 15.4 Å². The molecule has 7 nitrogen and oxygen atoms in total. The third kappa shape index (κ3) is 5.80. The molecule has 2 rings (SSSR count). The van der Waals surface area contributed by atoms with E-state index in [9.17, 15) is 4.79 Å². The number of nitrogens with one attached hydrogen (secondary N) is 2. The SMILES string of the molecule is COCCOc1ccc(NC(=O)NCCn2ccnc2)cc1Cl. The Balaban J connectivity index is 1.77. The highest BCUT2D eigenvalue weighted by molar-refractivity contribution is 6.32. The second-order valence-corrected chi connectivity index (χ2v) is 5.08. The van der Waals surface area contributed by atoms with Gasteiger partial charge in [0.05, 0.1) is 18.0 Å². The molecule has 0 aliphatic heterocycles.